The van der Waals surface area contributed by atoms with E-state index in [1.165, 1.54) is 8.87 Å². The van der Waals surface area contributed by atoms with Gasteiger partial charge in [-0.2, -0.15) is 0 Å². The Morgan fingerprint density at radius 3 is 1.20 bits per heavy atom. The van der Waals surface area contributed by atoms with Crippen molar-refractivity contribution in [3.63, 3.8) is 0 Å². The van der Waals surface area contributed by atoms with Crippen LogP contribution in [-0.4, -0.2) is 44.8 Å². The van der Waals surface area contributed by atoms with Crippen molar-refractivity contribution in [1.29, 1.82) is 0 Å². The van der Waals surface area contributed by atoms with E-state index >= 15 is 0 Å². The molecule has 7 heteroatoms. The van der Waals surface area contributed by atoms with Crippen molar-refractivity contribution in [2.24, 2.45) is 0 Å². The molecule has 0 aliphatic rings. The second-order valence-corrected chi connectivity index (χ2v) is 7.97. The van der Waals surface area contributed by atoms with Crippen LogP contribution < -0.4 is 10.2 Å². The number of carboxylic acid groups (broad SMARTS) is 2. The largest absolute Gasteiger partial charge is 0.549 e. The number of carbonyl (C=O) groups excluding carboxylic acids is 2. The smallest absolute Gasteiger partial charge is 0.0620 e. The molecule has 0 spiro atoms. The summed E-state index contributed by atoms with van der Waals surface area (Å²) >= 11 is 9.57. The van der Waals surface area contributed by atoms with Gasteiger partial charge in [-0.05, 0) is 0 Å². The van der Waals surface area contributed by atoms with Gasteiger partial charge in [0.15, 0.2) is 0 Å². The number of rotatable bonds is 4. The third-order valence-corrected chi connectivity index (χ3v) is 4.01. The van der Waals surface area contributed by atoms with Crippen LogP contribution >= 0.6 is 23.2 Å². The van der Waals surface area contributed by atoms with Crippen molar-refractivity contribution < 1.29 is 19.8 Å². The maximum atomic E-state index is 9.12. The molecule has 4 nitrogen and oxygen atoms in total. The van der Waals surface area contributed by atoms with Gasteiger partial charge in [0, 0.05) is 0 Å². The van der Waals surface area contributed by atoms with E-state index in [1.54, 1.807) is 0 Å². The molecule has 0 aromatic carbocycles. The molecule has 15 heavy (non-hydrogen) atoms. The summed E-state index contributed by atoms with van der Waals surface area (Å²) in [6, 6.07) is 0. The Balaban J connectivity index is -0.000000144. The average Bonchev–Trinajstić information content (AvgIpc) is 2.20. The monoisotopic (exact) mass is 364 g/mol. The summed E-state index contributed by atoms with van der Waals surface area (Å²) in [6.45, 7) is 4.57. The number of carboxylic acids is 2. The first kappa shape index (κ1) is 20.7. The summed E-state index contributed by atoms with van der Waals surface area (Å²) in [5, 5.41) is 18.2. The van der Waals surface area contributed by atoms with Gasteiger partial charge in [-0.1, -0.05) is 0 Å². The zero-order chi connectivity index (χ0) is 12.7. The van der Waals surface area contributed by atoms with Crippen LogP contribution in [0.2, 0.25) is 8.87 Å². The van der Waals surface area contributed by atoms with E-state index in [1.807, 2.05) is 0 Å². The molecule has 0 bridgehead atoms. The van der Waals surface area contributed by atoms with Gasteiger partial charge in [0.1, 0.15) is 0 Å². The summed E-state index contributed by atoms with van der Waals surface area (Å²) in [6.07, 6.45) is 0. The van der Waals surface area contributed by atoms with Crippen molar-refractivity contribution in [3.05, 3.63) is 0 Å². The Morgan fingerprint density at radius 2 is 1.20 bits per heavy atom. The molecule has 0 saturated carbocycles. The third-order valence-electron chi connectivity index (χ3n) is 0.718. The molecule has 0 heterocycles. The van der Waals surface area contributed by atoms with Gasteiger partial charge < -0.3 is 19.8 Å². The summed E-state index contributed by atoms with van der Waals surface area (Å²) in [5.74, 6) is -3.29. The van der Waals surface area contributed by atoms with Gasteiger partial charge in [0.25, 0.3) is 0 Å². The fraction of sp³-hybridized carbons (Fsp3) is 0.750. The predicted octanol–water partition coefficient (Wildman–Crippen LogP) is -0.483. The first-order valence-corrected chi connectivity index (χ1v) is 9.28. The first-order valence-electron chi connectivity index (χ1n) is 4.18. The number of aliphatic carboxylic acids is 2. The molecule has 0 rings (SSSR count). The summed E-state index contributed by atoms with van der Waals surface area (Å²) < 4.78 is 3.03. The van der Waals surface area contributed by atoms with E-state index < -0.39 is 23.7 Å². The van der Waals surface area contributed by atoms with Gasteiger partial charge in [-0.15, -0.1) is 23.2 Å². The number of alkyl halides is 2. The van der Waals surface area contributed by atoms with Gasteiger partial charge in [-0.3, -0.25) is 0 Å². The molecule has 0 N–H and O–H groups in total. The fourth-order valence-corrected chi connectivity index (χ4v) is 1.68. The molecule has 0 aliphatic carbocycles. The molecule has 0 unspecified atom stereocenters. The van der Waals surface area contributed by atoms with Crippen LogP contribution in [0.1, 0.15) is 13.8 Å². The summed E-state index contributed by atoms with van der Waals surface area (Å²) in [7, 11) is 0. The van der Waals surface area contributed by atoms with Crippen molar-refractivity contribution >= 4 is 56.3 Å². The molecule has 0 aliphatic heterocycles. The maximum Gasteiger partial charge on any atom is 0.0620 e. The second kappa shape index (κ2) is 19.8. The van der Waals surface area contributed by atoms with E-state index in [-0.39, 0.29) is 21.1 Å². The van der Waals surface area contributed by atoms with Crippen LogP contribution in [0.4, 0.5) is 0 Å². The standard InChI is InChI=1S/2C2H3ClO2.2C2H5.Sn/c2*3-1-2(4)5;2*1-2;/h2*1H2,(H,4,5);2*1H2,2H3;/q;;;;+2/p-2. The molecule has 88 valence electrons. The van der Waals surface area contributed by atoms with Gasteiger partial charge in [0.2, 0.25) is 0 Å². The zero-order valence-electron chi connectivity index (χ0n) is 8.72. The van der Waals surface area contributed by atoms with Gasteiger partial charge >= 0.3 is 43.9 Å². The number of carbonyl (C=O) groups is 2. The fourth-order valence-electron chi connectivity index (χ4n) is 0.250. The Kier molecular flexibility index (Phi) is 27.4. The van der Waals surface area contributed by atoms with Crippen molar-refractivity contribution in [1.82, 2.24) is 0 Å². The molecular formula is C8H14Cl2O4Sn. The van der Waals surface area contributed by atoms with E-state index in [0.29, 0.717) is 0 Å². The topological polar surface area (TPSA) is 80.3 Å². The van der Waals surface area contributed by atoms with Crippen LogP contribution in [0, 0.1) is 0 Å². The van der Waals surface area contributed by atoms with E-state index in [4.69, 9.17) is 19.8 Å². The summed E-state index contributed by atoms with van der Waals surface area (Å²) in [4.78, 5) is 18.2. The SMILES string of the molecule is C[CH2][Sn+2][CH2]C.O=C([O-])CCl.O=C([O-])CCl. The van der Waals surface area contributed by atoms with Crippen molar-refractivity contribution in [3.8, 4) is 0 Å². The number of hydrogen-bond acceptors (Lipinski definition) is 4. The van der Waals surface area contributed by atoms with Crippen molar-refractivity contribution in [2.45, 2.75) is 22.7 Å². The average molecular weight is 364 g/mol. The Labute approximate surface area is 110 Å². The summed E-state index contributed by atoms with van der Waals surface area (Å²) in [5.41, 5.74) is 0. The minimum Gasteiger partial charge on any atom is -0.549 e. The van der Waals surface area contributed by atoms with Gasteiger partial charge in [0.05, 0.1) is 23.7 Å². The second-order valence-electron chi connectivity index (χ2n) is 1.97. The molecular weight excluding hydrogens is 350 g/mol. The quantitative estimate of drug-likeness (QED) is 0.499. The van der Waals surface area contributed by atoms with Crippen LogP contribution in [0.25, 0.3) is 0 Å². The number of halogens is 2. The van der Waals surface area contributed by atoms with Crippen LogP contribution in [-0.2, 0) is 9.59 Å². The third kappa shape index (κ3) is 54.4. The Morgan fingerprint density at radius 1 is 1.00 bits per heavy atom. The maximum absolute atomic E-state index is 9.12. The van der Waals surface area contributed by atoms with E-state index in [2.05, 4.69) is 37.0 Å². The molecule has 0 fully saturated rings. The normalized spacial score (nSPS) is 7.20. The molecule has 0 atom stereocenters. The molecule has 0 radical (unpaired) electrons. The molecule has 0 amide bonds. The predicted molar refractivity (Wildman–Crippen MR) is 58.2 cm³/mol. The molecule has 0 aromatic heterocycles. The molecule has 0 aromatic rings. The Bertz CT molecular complexity index is 140. The zero-order valence-corrected chi connectivity index (χ0v) is 13.1. The minimum atomic E-state index is -1.23. The number of hydrogen-bond donors (Lipinski definition) is 0. The van der Waals surface area contributed by atoms with Gasteiger partial charge in [-0.25, -0.2) is 0 Å². The van der Waals surface area contributed by atoms with Crippen LogP contribution in [0.15, 0.2) is 0 Å². The van der Waals surface area contributed by atoms with Crippen LogP contribution in [0.3, 0.4) is 0 Å². The van der Waals surface area contributed by atoms with E-state index in [9.17, 15) is 0 Å². The van der Waals surface area contributed by atoms with Crippen LogP contribution in [0.5, 0.6) is 0 Å². The van der Waals surface area contributed by atoms with Crippen molar-refractivity contribution in [2.75, 3.05) is 11.8 Å². The van der Waals surface area contributed by atoms with E-state index in [0.717, 1.165) is 0 Å². The Hall–Kier alpha value is 0.319. The minimum absolute atomic E-state index is 0.218. The first-order chi connectivity index (χ1) is 6.95. The molecule has 0 saturated heterocycles.